The fraction of sp³-hybridized carbons (Fsp3) is 0.900. The third-order valence-electron chi connectivity index (χ3n) is 2.91. The standard InChI is InChI=1S/C10H19NO2/c1-7(2)8-5-4-6-9(8)11-10(12)13-3/h7-9H,4-6H2,1-3H3,(H,11,12). The number of hydrogen-bond donors (Lipinski definition) is 1. The average Bonchev–Trinajstić information content (AvgIpc) is 2.52. The van der Waals surface area contributed by atoms with Crippen LogP contribution >= 0.6 is 0 Å². The van der Waals surface area contributed by atoms with E-state index in [4.69, 9.17) is 0 Å². The van der Waals surface area contributed by atoms with Crippen LogP contribution in [0.2, 0.25) is 0 Å². The van der Waals surface area contributed by atoms with Gasteiger partial charge in [-0.3, -0.25) is 0 Å². The van der Waals surface area contributed by atoms with Crippen molar-refractivity contribution in [3.8, 4) is 0 Å². The van der Waals surface area contributed by atoms with Gasteiger partial charge in [0.1, 0.15) is 0 Å². The van der Waals surface area contributed by atoms with Gasteiger partial charge in [-0.15, -0.1) is 0 Å². The molecule has 0 heterocycles. The molecular weight excluding hydrogens is 166 g/mol. The zero-order valence-corrected chi connectivity index (χ0v) is 8.67. The highest BCUT2D eigenvalue weighted by atomic mass is 16.5. The van der Waals surface area contributed by atoms with E-state index in [2.05, 4.69) is 23.9 Å². The Bertz CT molecular complexity index is 180. The molecule has 1 saturated carbocycles. The van der Waals surface area contributed by atoms with Crippen LogP contribution in [0.25, 0.3) is 0 Å². The van der Waals surface area contributed by atoms with Gasteiger partial charge in [-0.05, 0) is 24.7 Å². The highest BCUT2D eigenvalue weighted by Gasteiger charge is 2.30. The van der Waals surface area contributed by atoms with Crippen LogP contribution in [0.5, 0.6) is 0 Å². The number of carbonyl (C=O) groups excluding carboxylic acids is 1. The summed E-state index contributed by atoms with van der Waals surface area (Å²) in [5.41, 5.74) is 0. The van der Waals surface area contributed by atoms with Crippen molar-refractivity contribution in [1.29, 1.82) is 0 Å². The fourth-order valence-corrected chi connectivity index (χ4v) is 2.18. The van der Waals surface area contributed by atoms with Crippen molar-refractivity contribution in [1.82, 2.24) is 5.32 Å². The highest BCUT2D eigenvalue weighted by Crippen LogP contribution is 2.31. The van der Waals surface area contributed by atoms with Crippen molar-refractivity contribution in [3.05, 3.63) is 0 Å². The first-order valence-corrected chi connectivity index (χ1v) is 4.99. The van der Waals surface area contributed by atoms with E-state index in [0.717, 1.165) is 6.42 Å². The molecule has 0 aromatic rings. The van der Waals surface area contributed by atoms with Gasteiger partial charge in [0, 0.05) is 6.04 Å². The molecule has 0 aliphatic heterocycles. The molecule has 0 aromatic heterocycles. The van der Waals surface area contributed by atoms with Crippen molar-refractivity contribution in [2.45, 2.75) is 39.2 Å². The van der Waals surface area contributed by atoms with Gasteiger partial charge in [-0.2, -0.15) is 0 Å². The number of carbonyl (C=O) groups is 1. The number of rotatable bonds is 2. The number of ether oxygens (including phenoxy) is 1. The molecule has 0 spiro atoms. The van der Waals surface area contributed by atoms with Gasteiger partial charge in [0.05, 0.1) is 7.11 Å². The molecule has 3 heteroatoms. The summed E-state index contributed by atoms with van der Waals surface area (Å²) in [6, 6.07) is 0.326. The Morgan fingerprint density at radius 1 is 1.46 bits per heavy atom. The first-order valence-electron chi connectivity index (χ1n) is 4.99. The molecule has 1 amide bonds. The summed E-state index contributed by atoms with van der Waals surface area (Å²) in [6.07, 6.45) is 3.25. The smallest absolute Gasteiger partial charge is 0.407 e. The maximum atomic E-state index is 11.0. The minimum absolute atomic E-state index is 0.294. The molecule has 0 aromatic carbocycles. The summed E-state index contributed by atoms with van der Waals surface area (Å²) in [7, 11) is 1.41. The Hall–Kier alpha value is -0.730. The maximum absolute atomic E-state index is 11.0. The lowest BCUT2D eigenvalue weighted by molar-refractivity contribution is 0.161. The Balaban J connectivity index is 2.44. The second-order valence-electron chi connectivity index (χ2n) is 4.08. The quantitative estimate of drug-likeness (QED) is 0.716. The SMILES string of the molecule is COC(=O)NC1CCCC1C(C)C. The van der Waals surface area contributed by atoms with Crippen LogP contribution in [0, 0.1) is 11.8 Å². The molecule has 0 saturated heterocycles. The molecule has 13 heavy (non-hydrogen) atoms. The summed E-state index contributed by atoms with van der Waals surface area (Å²) < 4.78 is 4.59. The molecule has 0 bridgehead atoms. The highest BCUT2D eigenvalue weighted by molar-refractivity contribution is 5.67. The maximum Gasteiger partial charge on any atom is 0.407 e. The largest absolute Gasteiger partial charge is 0.453 e. The minimum Gasteiger partial charge on any atom is -0.453 e. The van der Waals surface area contributed by atoms with E-state index < -0.39 is 0 Å². The Kier molecular flexibility index (Phi) is 3.58. The van der Waals surface area contributed by atoms with Crippen molar-refractivity contribution in [2.75, 3.05) is 7.11 Å². The fourth-order valence-electron chi connectivity index (χ4n) is 2.18. The van der Waals surface area contributed by atoms with Crippen LogP contribution in [-0.4, -0.2) is 19.2 Å². The number of hydrogen-bond acceptors (Lipinski definition) is 2. The van der Waals surface area contributed by atoms with Crippen LogP contribution in [-0.2, 0) is 4.74 Å². The topological polar surface area (TPSA) is 38.3 Å². The van der Waals surface area contributed by atoms with Gasteiger partial charge in [0.15, 0.2) is 0 Å². The normalized spacial score (nSPS) is 27.7. The molecule has 1 rings (SSSR count). The van der Waals surface area contributed by atoms with E-state index >= 15 is 0 Å². The molecule has 1 fully saturated rings. The summed E-state index contributed by atoms with van der Waals surface area (Å²) in [5, 5.41) is 2.90. The van der Waals surface area contributed by atoms with Crippen LogP contribution in [0.1, 0.15) is 33.1 Å². The second-order valence-corrected chi connectivity index (χ2v) is 4.08. The molecule has 3 nitrogen and oxygen atoms in total. The summed E-state index contributed by atoms with van der Waals surface area (Å²) in [6.45, 7) is 4.42. The van der Waals surface area contributed by atoms with Gasteiger partial charge in [0.2, 0.25) is 0 Å². The summed E-state index contributed by atoms with van der Waals surface area (Å²) in [4.78, 5) is 11.0. The first-order chi connectivity index (χ1) is 6.15. The minimum atomic E-state index is -0.294. The zero-order chi connectivity index (χ0) is 9.84. The van der Waals surface area contributed by atoms with E-state index in [-0.39, 0.29) is 6.09 Å². The van der Waals surface area contributed by atoms with Crippen LogP contribution in [0.3, 0.4) is 0 Å². The van der Waals surface area contributed by atoms with Crippen molar-refractivity contribution in [3.63, 3.8) is 0 Å². The van der Waals surface area contributed by atoms with E-state index in [1.165, 1.54) is 20.0 Å². The van der Waals surface area contributed by atoms with Gasteiger partial charge >= 0.3 is 6.09 Å². The average molecular weight is 185 g/mol. The third kappa shape index (κ3) is 2.61. The van der Waals surface area contributed by atoms with Crippen molar-refractivity contribution < 1.29 is 9.53 Å². The van der Waals surface area contributed by atoms with Gasteiger partial charge in [0.25, 0.3) is 0 Å². The van der Waals surface area contributed by atoms with Gasteiger partial charge < -0.3 is 10.1 Å². The number of methoxy groups -OCH3 is 1. The molecule has 76 valence electrons. The number of amides is 1. The Labute approximate surface area is 79.8 Å². The lowest BCUT2D eigenvalue weighted by Gasteiger charge is -2.23. The Morgan fingerprint density at radius 3 is 2.69 bits per heavy atom. The van der Waals surface area contributed by atoms with E-state index in [1.54, 1.807) is 0 Å². The number of alkyl carbamates (subject to hydrolysis) is 1. The first kappa shape index (κ1) is 10.4. The predicted molar refractivity (Wildman–Crippen MR) is 51.5 cm³/mol. The number of nitrogens with one attached hydrogen (secondary N) is 1. The second kappa shape index (κ2) is 4.49. The van der Waals surface area contributed by atoms with Crippen LogP contribution in [0.4, 0.5) is 4.79 Å². The lowest BCUT2D eigenvalue weighted by Crippen LogP contribution is -2.38. The van der Waals surface area contributed by atoms with Crippen LogP contribution < -0.4 is 5.32 Å². The molecule has 1 aliphatic rings. The molecule has 2 atom stereocenters. The predicted octanol–water partition coefficient (Wildman–Crippen LogP) is 2.17. The van der Waals surface area contributed by atoms with E-state index in [0.29, 0.717) is 17.9 Å². The molecule has 2 unspecified atom stereocenters. The zero-order valence-electron chi connectivity index (χ0n) is 8.67. The van der Waals surface area contributed by atoms with Gasteiger partial charge in [-0.25, -0.2) is 4.79 Å². The van der Waals surface area contributed by atoms with E-state index in [9.17, 15) is 4.79 Å². The van der Waals surface area contributed by atoms with Crippen LogP contribution in [0.15, 0.2) is 0 Å². The Morgan fingerprint density at radius 2 is 2.15 bits per heavy atom. The van der Waals surface area contributed by atoms with Crippen molar-refractivity contribution >= 4 is 6.09 Å². The van der Waals surface area contributed by atoms with Gasteiger partial charge in [-0.1, -0.05) is 20.3 Å². The monoisotopic (exact) mass is 185 g/mol. The third-order valence-corrected chi connectivity index (χ3v) is 2.91. The molecular formula is C10H19NO2. The summed E-state index contributed by atoms with van der Waals surface area (Å²) >= 11 is 0. The molecule has 1 aliphatic carbocycles. The lowest BCUT2D eigenvalue weighted by atomic mass is 9.91. The summed E-state index contributed by atoms with van der Waals surface area (Å²) in [5.74, 6) is 1.27. The molecule has 1 N–H and O–H groups in total. The van der Waals surface area contributed by atoms with Crippen molar-refractivity contribution in [2.24, 2.45) is 11.8 Å². The van der Waals surface area contributed by atoms with E-state index in [1.807, 2.05) is 0 Å². The molecule has 0 radical (unpaired) electrons.